The van der Waals surface area contributed by atoms with Crippen LogP contribution in [0.5, 0.6) is 0 Å². The Labute approximate surface area is 191 Å². The summed E-state index contributed by atoms with van der Waals surface area (Å²) in [6.45, 7) is 1.46. The molecule has 2 aromatic rings. The van der Waals surface area contributed by atoms with Gasteiger partial charge in [-0.1, -0.05) is 24.3 Å². The minimum Gasteiger partial charge on any atom is -0.396 e. The number of rotatable bonds is 6. The van der Waals surface area contributed by atoms with Gasteiger partial charge < -0.3 is 15.0 Å². The number of sulfonamides is 1. The summed E-state index contributed by atoms with van der Waals surface area (Å²) in [5.41, 5.74) is 1.15. The van der Waals surface area contributed by atoms with Crippen molar-refractivity contribution in [1.29, 1.82) is 0 Å². The first kappa shape index (κ1) is 23.3. The number of aliphatic hydroxyl groups excluding tert-OH is 1. The molecular formula is C23H26FN3O5S. The van der Waals surface area contributed by atoms with Gasteiger partial charge in [-0.05, 0) is 36.8 Å². The van der Waals surface area contributed by atoms with Crippen molar-refractivity contribution in [3.05, 3.63) is 75.5 Å². The standard InChI is InChI=1S/C23H26FN3O5S/c1-3-5-15-8-9-18-21-20(22(29)25-11-14-6-4-7-16(24)10-14)17(13-28)19(12-26(18)23(15)30)27(21)33(2,31)32/h3-10,17,19-21,28H,11-13H2,1-2H3,(H,25,29)/b5-3+/t17-,19-,20+,21+/m0/s1. The molecule has 0 spiro atoms. The third kappa shape index (κ3) is 4.14. The van der Waals surface area contributed by atoms with E-state index in [1.54, 1.807) is 37.3 Å². The first-order valence-electron chi connectivity index (χ1n) is 10.6. The highest BCUT2D eigenvalue weighted by Crippen LogP contribution is 2.49. The third-order valence-electron chi connectivity index (χ3n) is 6.41. The van der Waals surface area contributed by atoms with Crippen LogP contribution in [0.2, 0.25) is 0 Å². The highest BCUT2D eigenvalue weighted by molar-refractivity contribution is 7.88. The van der Waals surface area contributed by atoms with Crippen molar-refractivity contribution in [1.82, 2.24) is 14.2 Å². The molecule has 1 fully saturated rings. The minimum atomic E-state index is -3.76. The summed E-state index contributed by atoms with van der Waals surface area (Å²) in [5.74, 6) is -2.51. The molecule has 8 nitrogen and oxygen atoms in total. The summed E-state index contributed by atoms with van der Waals surface area (Å²) in [4.78, 5) is 26.4. The quantitative estimate of drug-likeness (QED) is 0.654. The summed E-state index contributed by atoms with van der Waals surface area (Å²) < 4.78 is 41.7. The van der Waals surface area contributed by atoms with Gasteiger partial charge in [-0.3, -0.25) is 9.59 Å². The molecule has 0 saturated carbocycles. The third-order valence-corrected chi connectivity index (χ3v) is 7.67. The van der Waals surface area contributed by atoms with Gasteiger partial charge in [0.25, 0.3) is 5.56 Å². The number of aliphatic hydroxyl groups is 1. The summed E-state index contributed by atoms with van der Waals surface area (Å²) in [6, 6.07) is 7.41. The molecule has 1 saturated heterocycles. The van der Waals surface area contributed by atoms with Crippen molar-refractivity contribution in [2.75, 3.05) is 12.9 Å². The SMILES string of the molecule is C/C=C/c1ccc2n(c1=O)C[C@H]1[C@H](CO)[C@@H](C(=O)NCc3cccc(F)c3)[C@@H]2N1S(C)(=O)=O. The molecule has 2 N–H and O–H groups in total. The van der Waals surface area contributed by atoms with E-state index in [1.165, 1.54) is 27.1 Å². The van der Waals surface area contributed by atoms with Gasteiger partial charge in [-0.25, -0.2) is 12.8 Å². The van der Waals surface area contributed by atoms with Crippen molar-refractivity contribution >= 4 is 22.0 Å². The molecule has 2 aliphatic rings. The molecule has 1 aromatic heterocycles. The number of aromatic nitrogens is 1. The Hall–Kier alpha value is -2.82. The van der Waals surface area contributed by atoms with Gasteiger partial charge in [-0.2, -0.15) is 4.31 Å². The molecule has 2 aliphatic heterocycles. The second-order valence-corrected chi connectivity index (χ2v) is 10.3. The number of hydrogen-bond acceptors (Lipinski definition) is 5. The van der Waals surface area contributed by atoms with Crippen molar-refractivity contribution in [3.63, 3.8) is 0 Å². The fourth-order valence-electron chi connectivity index (χ4n) is 5.09. The lowest BCUT2D eigenvalue weighted by Crippen LogP contribution is -2.48. The smallest absolute Gasteiger partial charge is 0.258 e. The van der Waals surface area contributed by atoms with Crippen LogP contribution in [0.1, 0.15) is 29.8 Å². The van der Waals surface area contributed by atoms with Crippen LogP contribution in [-0.2, 0) is 27.9 Å². The van der Waals surface area contributed by atoms with Crippen LogP contribution >= 0.6 is 0 Å². The number of carbonyl (C=O) groups is 1. The van der Waals surface area contributed by atoms with Gasteiger partial charge in [0, 0.05) is 42.9 Å². The first-order chi connectivity index (χ1) is 15.7. The number of benzene rings is 1. The number of halogens is 1. The molecule has 0 aliphatic carbocycles. The monoisotopic (exact) mass is 475 g/mol. The topological polar surface area (TPSA) is 109 Å². The summed E-state index contributed by atoms with van der Waals surface area (Å²) in [7, 11) is -3.76. The van der Waals surface area contributed by atoms with Crippen LogP contribution in [0.25, 0.3) is 6.08 Å². The number of amides is 1. The molecule has 33 heavy (non-hydrogen) atoms. The second-order valence-electron chi connectivity index (χ2n) is 8.45. The first-order valence-corrected chi connectivity index (χ1v) is 12.5. The van der Waals surface area contributed by atoms with Crippen molar-refractivity contribution in [2.24, 2.45) is 11.8 Å². The van der Waals surface area contributed by atoms with E-state index in [0.29, 0.717) is 16.8 Å². The highest BCUT2D eigenvalue weighted by atomic mass is 32.2. The van der Waals surface area contributed by atoms with E-state index in [4.69, 9.17) is 0 Å². The number of hydrogen-bond donors (Lipinski definition) is 2. The van der Waals surface area contributed by atoms with Crippen molar-refractivity contribution < 1.29 is 22.7 Å². The normalized spacial score (nSPS) is 24.7. The Bertz CT molecular complexity index is 1270. The van der Waals surface area contributed by atoms with Gasteiger partial charge in [0.15, 0.2) is 0 Å². The van der Waals surface area contributed by atoms with E-state index >= 15 is 0 Å². The number of nitrogens with one attached hydrogen (secondary N) is 1. The lowest BCUT2D eigenvalue weighted by Gasteiger charge is -2.36. The molecule has 176 valence electrons. The number of pyridine rings is 1. The molecule has 3 heterocycles. The predicted molar refractivity (Wildman–Crippen MR) is 121 cm³/mol. The Kier molecular flexibility index (Phi) is 6.26. The Morgan fingerprint density at radius 3 is 2.70 bits per heavy atom. The van der Waals surface area contributed by atoms with Crippen LogP contribution in [0, 0.1) is 17.7 Å². The van der Waals surface area contributed by atoms with Crippen molar-refractivity contribution in [2.45, 2.75) is 32.1 Å². The van der Waals surface area contributed by atoms with Crippen LogP contribution in [0.15, 0.2) is 47.3 Å². The van der Waals surface area contributed by atoms with Crippen LogP contribution in [0.3, 0.4) is 0 Å². The van der Waals surface area contributed by atoms with Gasteiger partial charge in [0.1, 0.15) is 5.82 Å². The van der Waals surface area contributed by atoms with E-state index in [9.17, 15) is 27.5 Å². The molecule has 1 aromatic carbocycles. The fourth-order valence-corrected chi connectivity index (χ4v) is 6.45. The summed E-state index contributed by atoms with van der Waals surface area (Å²) in [6.07, 6.45) is 4.48. The van der Waals surface area contributed by atoms with Crippen LogP contribution in [-0.4, -0.2) is 47.2 Å². The van der Waals surface area contributed by atoms with Crippen LogP contribution in [0.4, 0.5) is 4.39 Å². The molecule has 10 heteroatoms. The molecule has 2 bridgehead atoms. The van der Waals surface area contributed by atoms with Gasteiger partial charge in [0.05, 0.1) is 18.2 Å². The summed E-state index contributed by atoms with van der Waals surface area (Å²) in [5, 5.41) is 12.9. The van der Waals surface area contributed by atoms with Gasteiger partial charge in [0.2, 0.25) is 15.9 Å². The maximum Gasteiger partial charge on any atom is 0.258 e. The number of nitrogens with zero attached hydrogens (tertiary/aromatic N) is 2. The number of fused-ring (bicyclic) bond motifs is 4. The number of allylic oxidation sites excluding steroid dienone is 1. The van der Waals surface area contributed by atoms with E-state index in [0.717, 1.165) is 6.26 Å². The summed E-state index contributed by atoms with van der Waals surface area (Å²) >= 11 is 0. The predicted octanol–water partition coefficient (Wildman–Crippen LogP) is 1.26. The molecule has 0 radical (unpaired) electrons. The number of carbonyl (C=O) groups excluding carboxylic acids is 1. The Balaban J connectivity index is 1.76. The fraction of sp³-hybridized carbons (Fsp3) is 0.391. The lowest BCUT2D eigenvalue weighted by molar-refractivity contribution is -0.127. The molecule has 1 amide bonds. The average Bonchev–Trinajstić information content (AvgIpc) is 3.02. The van der Waals surface area contributed by atoms with E-state index in [1.807, 2.05) is 0 Å². The lowest BCUT2D eigenvalue weighted by atomic mass is 9.86. The Morgan fingerprint density at radius 1 is 1.30 bits per heavy atom. The maximum atomic E-state index is 13.5. The molecular weight excluding hydrogens is 449 g/mol. The molecule has 0 unspecified atom stereocenters. The maximum absolute atomic E-state index is 13.5. The van der Waals surface area contributed by atoms with Crippen LogP contribution < -0.4 is 10.9 Å². The van der Waals surface area contributed by atoms with E-state index < -0.39 is 52.3 Å². The zero-order valence-corrected chi connectivity index (χ0v) is 19.1. The average molecular weight is 476 g/mol. The second kappa shape index (κ2) is 8.85. The zero-order chi connectivity index (χ0) is 23.9. The minimum absolute atomic E-state index is 0.0437. The van der Waals surface area contributed by atoms with Gasteiger partial charge >= 0.3 is 0 Å². The zero-order valence-electron chi connectivity index (χ0n) is 18.3. The molecule has 4 rings (SSSR count). The van der Waals surface area contributed by atoms with E-state index in [2.05, 4.69) is 5.32 Å². The van der Waals surface area contributed by atoms with E-state index in [-0.39, 0.29) is 18.6 Å². The molecule has 4 atom stereocenters. The Morgan fingerprint density at radius 2 is 2.06 bits per heavy atom. The van der Waals surface area contributed by atoms with Crippen molar-refractivity contribution in [3.8, 4) is 0 Å². The largest absolute Gasteiger partial charge is 0.396 e. The highest BCUT2D eigenvalue weighted by Gasteiger charge is 2.58. The van der Waals surface area contributed by atoms with Gasteiger partial charge in [-0.15, -0.1) is 0 Å².